The molecule has 0 aromatic heterocycles. The highest BCUT2D eigenvalue weighted by molar-refractivity contribution is 5.79. The van der Waals surface area contributed by atoms with E-state index >= 15 is 0 Å². The lowest BCUT2D eigenvalue weighted by molar-refractivity contribution is -0.127. The molecule has 5 atom stereocenters. The predicted molar refractivity (Wildman–Crippen MR) is 71.3 cm³/mol. The van der Waals surface area contributed by atoms with Crippen molar-refractivity contribution in [3.8, 4) is 0 Å². The molecule has 2 heterocycles. The summed E-state index contributed by atoms with van der Waals surface area (Å²) in [6.07, 6.45) is 2.56. The van der Waals surface area contributed by atoms with Gasteiger partial charge in [-0.25, -0.2) is 0 Å². The van der Waals surface area contributed by atoms with Gasteiger partial charge in [0.2, 0.25) is 5.91 Å². The average molecular weight is 254 g/mol. The number of ether oxygens (including phenoxy) is 1. The fraction of sp³-hybridized carbons (Fsp3) is 0.929. The maximum Gasteiger partial charge on any atom is 0.226 e. The summed E-state index contributed by atoms with van der Waals surface area (Å²) < 4.78 is 5.72. The first kappa shape index (κ1) is 13.8. The van der Waals surface area contributed by atoms with Crippen molar-refractivity contribution in [3.63, 3.8) is 0 Å². The van der Waals surface area contributed by atoms with Gasteiger partial charge in [0.25, 0.3) is 0 Å². The number of nitrogens with one attached hydrogen (secondary N) is 2. The molecule has 1 amide bonds. The Balaban J connectivity index is 1.73. The Hall–Kier alpha value is -0.610. The van der Waals surface area contributed by atoms with Gasteiger partial charge in [-0.1, -0.05) is 6.92 Å². The van der Waals surface area contributed by atoms with Crippen LogP contribution in [-0.4, -0.2) is 37.7 Å². The molecular weight excluding hydrogens is 228 g/mol. The third-order valence-electron chi connectivity index (χ3n) is 4.56. The van der Waals surface area contributed by atoms with E-state index in [0.717, 1.165) is 32.0 Å². The van der Waals surface area contributed by atoms with Crippen LogP contribution >= 0.6 is 0 Å². The van der Waals surface area contributed by atoms with Crippen molar-refractivity contribution in [1.82, 2.24) is 10.6 Å². The summed E-state index contributed by atoms with van der Waals surface area (Å²) in [4.78, 5) is 12.2. The second kappa shape index (κ2) is 6.02. The second-order valence-corrected chi connectivity index (χ2v) is 5.87. The molecule has 5 unspecified atom stereocenters. The van der Waals surface area contributed by atoms with Gasteiger partial charge >= 0.3 is 0 Å². The molecule has 18 heavy (non-hydrogen) atoms. The third-order valence-corrected chi connectivity index (χ3v) is 4.56. The van der Waals surface area contributed by atoms with Crippen LogP contribution in [0.15, 0.2) is 0 Å². The van der Waals surface area contributed by atoms with Crippen LogP contribution in [0.25, 0.3) is 0 Å². The van der Waals surface area contributed by atoms with E-state index in [2.05, 4.69) is 24.5 Å². The number of hydrogen-bond donors (Lipinski definition) is 2. The van der Waals surface area contributed by atoms with Crippen LogP contribution in [0, 0.1) is 17.8 Å². The van der Waals surface area contributed by atoms with Crippen molar-refractivity contribution >= 4 is 5.91 Å². The summed E-state index contributed by atoms with van der Waals surface area (Å²) >= 11 is 0. The van der Waals surface area contributed by atoms with Crippen molar-refractivity contribution in [1.29, 1.82) is 0 Å². The van der Waals surface area contributed by atoms with Gasteiger partial charge < -0.3 is 15.4 Å². The first-order valence-corrected chi connectivity index (χ1v) is 7.23. The molecule has 0 radical (unpaired) electrons. The number of carbonyl (C=O) groups is 1. The predicted octanol–water partition coefficient (Wildman–Crippen LogP) is 1.16. The largest absolute Gasteiger partial charge is 0.374 e. The standard InChI is InChI=1S/C14H26N2O2/c1-9-10(2)18-11(3)13(9)14(17)16-7-5-12-4-6-15-8-12/h9-13,15H,4-8H2,1-3H3,(H,16,17). The Morgan fingerprint density at radius 2 is 2.11 bits per heavy atom. The molecule has 0 aromatic rings. The Morgan fingerprint density at radius 1 is 1.33 bits per heavy atom. The minimum Gasteiger partial charge on any atom is -0.374 e. The molecule has 2 aliphatic rings. The topological polar surface area (TPSA) is 50.4 Å². The first-order valence-electron chi connectivity index (χ1n) is 7.23. The normalized spacial score (nSPS) is 40.1. The summed E-state index contributed by atoms with van der Waals surface area (Å²) in [5.41, 5.74) is 0. The van der Waals surface area contributed by atoms with Crippen molar-refractivity contribution < 1.29 is 9.53 Å². The fourth-order valence-corrected chi connectivity index (χ4v) is 3.20. The summed E-state index contributed by atoms with van der Waals surface area (Å²) in [6.45, 7) is 9.20. The van der Waals surface area contributed by atoms with Crippen LogP contribution in [0.2, 0.25) is 0 Å². The van der Waals surface area contributed by atoms with E-state index in [1.165, 1.54) is 6.42 Å². The Bertz CT molecular complexity index is 290. The minimum atomic E-state index is 0.0155. The van der Waals surface area contributed by atoms with Crippen molar-refractivity contribution in [2.24, 2.45) is 17.8 Å². The fourth-order valence-electron chi connectivity index (χ4n) is 3.20. The SMILES string of the molecule is CC1OC(C)C(C(=O)NCCC2CCNC2)C1C. The molecule has 104 valence electrons. The van der Waals surface area contributed by atoms with E-state index in [-0.39, 0.29) is 24.0 Å². The zero-order valence-corrected chi connectivity index (χ0v) is 11.7. The molecule has 0 aliphatic carbocycles. The first-order chi connectivity index (χ1) is 8.59. The highest BCUT2D eigenvalue weighted by Crippen LogP contribution is 2.32. The van der Waals surface area contributed by atoms with Gasteiger partial charge in [0.15, 0.2) is 0 Å². The molecule has 4 nitrogen and oxygen atoms in total. The molecule has 2 saturated heterocycles. The van der Waals surface area contributed by atoms with Crippen molar-refractivity contribution in [2.75, 3.05) is 19.6 Å². The molecule has 2 fully saturated rings. The van der Waals surface area contributed by atoms with E-state index in [4.69, 9.17) is 4.74 Å². The Kier molecular flexibility index (Phi) is 4.62. The monoisotopic (exact) mass is 254 g/mol. The van der Waals surface area contributed by atoms with Crippen molar-refractivity contribution in [2.45, 2.75) is 45.8 Å². The van der Waals surface area contributed by atoms with Crippen LogP contribution in [0.5, 0.6) is 0 Å². The molecule has 4 heteroatoms. The Labute approximate surface area is 110 Å². The zero-order valence-electron chi connectivity index (χ0n) is 11.7. The summed E-state index contributed by atoms with van der Waals surface area (Å²) in [5, 5.41) is 6.44. The quantitative estimate of drug-likeness (QED) is 0.791. The lowest BCUT2D eigenvalue weighted by Gasteiger charge is -2.18. The lowest BCUT2D eigenvalue weighted by atomic mass is 9.89. The second-order valence-electron chi connectivity index (χ2n) is 5.87. The smallest absolute Gasteiger partial charge is 0.226 e. The maximum atomic E-state index is 12.2. The molecule has 0 saturated carbocycles. The summed E-state index contributed by atoms with van der Waals surface area (Å²) in [5.74, 6) is 1.24. The highest BCUT2D eigenvalue weighted by atomic mass is 16.5. The summed E-state index contributed by atoms with van der Waals surface area (Å²) in [7, 11) is 0. The number of amides is 1. The van der Waals surface area contributed by atoms with Gasteiger partial charge in [0, 0.05) is 6.54 Å². The van der Waals surface area contributed by atoms with E-state index in [1.807, 2.05) is 6.92 Å². The van der Waals surface area contributed by atoms with Crippen molar-refractivity contribution in [3.05, 3.63) is 0 Å². The van der Waals surface area contributed by atoms with Crippen LogP contribution in [-0.2, 0) is 9.53 Å². The van der Waals surface area contributed by atoms with Gasteiger partial charge in [0.05, 0.1) is 18.1 Å². The number of hydrogen-bond acceptors (Lipinski definition) is 3. The van der Waals surface area contributed by atoms with Gasteiger partial charge in [-0.3, -0.25) is 4.79 Å². The molecule has 2 N–H and O–H groups in total. The van der Waals surface area contributed by atoms with E-state index in [9.17, 15) is 4.79 Å². The molecular formula is C14H26N2O2. The zero-order chi connectivity index (χ0) is 13.1. The maximum absolute atomic E-state index is 12.2. The van der Waals surface area contributed by atoms with Gasteiger partial charge in [0.1, 0.15) is 0 Å². The van der Waals surface area contributed by atoms with E-state index < -0.39 is 0 Å². The Morgan fingerprint density at radius 3 is 2.67 bits per heavy atom. The van der Waals surface area contributed by atoms with Gasteiger partial charge in [-0.05, 0) is 51.6 Å². The highest BCUT2D eigenvalue weighted by Gasteiger charge is 2.41. The van der Waals surface area contributed by atoms with Crippen LogP contribution in [0.3, 0.4) is 0 Å². The van der Waals surface area contributed by atoms with E-state index in [1.54, 1.807) is 0 Å². The van der Waals surface area contributed by atoms with Crippen LogP contribution < -0.4 is 10.6 Å². The van der Waals surface area contributed by atoms with E-state index in [0.29, 0.717) is 5.92 Å². The lowest BCUT2D eigenvalue weighted by Crippen LogP contribution is -2.38. The molecule has 0 spiro atoms. The van der Waals surface area contributed by atoms with Gasteiger partial charge in [-0.2, -0.15) is 0 Å². The molecule has 0 aromatic carbocycles. The number of rotatable bonds is 4. The minimum absolute atomic E-state index is 0.0155. The average Bonchev–Trinajstić information content (AvgIpc) is 2.89. The van der Waals surface area contributed by atoms with Gasteiger partial charge in [-0.15, -0.1) is 0 Å². The van der Waals surface area contributed by atoms with Crippen LogP contribution in [0.4, 0.5) is 0 Å². The summed E-state index contributed by atoms with van der Waals surface area (Å²) in [6, 6.07) is 0. The number of carbonyl (C=O) groups excluding carboxylic acids is 1. The molecule has 0 bridgehead atoms. The molecule has 2 aliphatic heterocycles. The third kappa shape index (κ3) is 3.04. The molecule has 2 rings (SSSR count). The van der Waals surface area contributed by atoms with Crippen LogP contribution in [0.1, 0.15) is 33.6 Å².